The maximum absolute atomic E-state index is 11.8. The first-order valence-electron chi connectivity index (χ1n) is 6.56. The van der Waals surface area contributed by atoms with Crippen molar-refractivity contribution in [1.82, 2.24) is 5.32 Å². The summed E-state index contributed by atoms with van der Waals surface area (Å²) >= 11 is 3.42. The third-order valence-electron chi connectivity index (χ3n) is 2.88. The van der Waals surface area contributed by atoms with Gasteiger partial charge >= 0.3 is 0 Å². The number of methoxy groups -OCH3 is 1. The van der Waals surface area contributed by atoms with Crippen LogP contribution in [0.1, 0.15) is 5.56 Å². The number of amides is 1. The van der Waals surface area contributed by atoms with Crippen LogP contribution in [0.4, 0.5) is 5.69 Å². The van der Waals surface area contributed by atoms with Gasteiger partial charge in [0.1, 0.15) is 5.75 Å². The first-order chi connectivity index (χ1) is 10.2. The van der Waals surface area contributed by atoms with Crippen LogP contribution in [-0.4, -0.2) is 19.6 Å². The smallest absolute Gasteiger partial charge is 0.238 e. The van der Waals surface area contributed by atoms with Crippen LogP contribution < -0.4 is 15.4 Å². The fraction of sp³-hybridized carbons (Fsp3) is 0.188. The van der Waals surface area contributed by atoms with Crippen molar-refractivity contribution in [3.63, 3.8) is 0 Å². The van der Waals surface area contributed by atoms with E-state index in [4.69, 9.17) is 4.74 Å². The minimum atomic E-state index is -0.0739. The molecule has 0 heterocycles. The maximum Gasteiger partial charge on any atom is 0.238 e. The van der Waals surface area contributed by atoms with Crippen LogP contribution in [0.5, 0.6) is 5.75 Å². The molecule has 0 radical (unpaired) electrons. The fourth-order valence-electron chi connectivity index (χ4n) is 1.85. The number of rotatable bonds is 6. The third-order valence-corrected chi connectivity index (χ3v) is 3.37. The van der Waals surface area contributed by atoms with Crippen molar-refractivity contribution in [1.29, 1.82) is 0 Å². The lowest BCUT2D eigenvalue weighted by molar-refractivity contribution is -0.115. The van der Waals surface area contributed by atoms with Crippen molar-refractivity contribution in [3.05, 3.63) is 58.6 Å². The quantitative estimate of drug-likeness (QED) is 0.842. The van der Waals surface area contributed by atoms with E-state index in [1.165, 1.54) is 0 Å². The lowest BCUT2D eigenvalue weighted by Gasteiger charge is -2.08. The molecule has 2 N–H and O–H groups in total. The van der Waals surface area contributed by atoms with Crippen LogP contribution in [0.2, 0.25) is 0 Å². The van der Waals surface area contributed by atoms with Gasteiger partial charge in [-0.1, -0.05) is 28.1 Å². The van der Waals surface area contributed by atoms with Gasteiger partial charge in [-0.25, -0.2) is 0 Å². The molecule has 0 aliphatic heterocycles. The Kier molecular flexibility index (Phi) is 5.78. The summed E-state index contributed by atoms with van der Waals surface area (Å²) in [6.45, 7) is 0.911. The second kappa shape index (κ2) is 7.81. The second-order valence-corrected chi connectivity index (χ2v) is 5.43. The molecule has 0 atom stereocenters. The van der Waals surface area contributed by atoms with Gasteiger partial charge in [-0.15, -0.1) is 0 Å². The number of benzene rings is 2. The first kappa shape index (κ1) is 15.5. The lowest BCUT2D eigenvalue weighted by Crippen LogP contribution is -2.27. The van der Waals surface area contributed by atoms with Crippen LogP contribution in [0, 0.1) is 0 Å². The summed E-state index contributed by atoms with van der Waals surface area (Å²) in [4.78, 5) is 11.8. The highest BCUT2D eigenvalue weighted by Gasteiger charge is 2.02. The molecule has 1 amide bonds. The monoisotopic (exact) mass is 348 g/mol. The number of carbonyl (C=O) groups excluding carboxylic acids is 1. The Morgan fingerprint density at radius 1 is 1.19 bits per heavy atom. The van der Waals surface area contributed by atoms with Crippen molar-refractivity contribution in [2.75, 3.05) is 19.0 Å². The topological polar surface area (TPSA) is 50.4 Å². The molecule has 4 nitrogen and oxygen atoms in total. The first-order valence-corrected chi connectivity index (χ1v) is 7.36. The minimum absolute atomic E-state index is 0.0739. The molecule has 0 spiro atoms. The molecule has 0 bridgehead atoms. The molecular formula is C16H17BrN2O2. The van der Waals surface area contributed by atoms with E-state index in [1.807, 2.05) is 48.5 Å². The summed E-state index contributed by atoms with van der Waals surface area (Å²) in [5.41, 5.74) is 1.88. The van der Waals surface area contributed by atoms with E-state index in [-0.39, 0.29) is 12.5 Å². The Labute approximate surface area is 132 Å². The van der Waals surface area contributed by atoms with Crippen LogP contribution >= 0.6 is 15.9 Å². The molecule has 2 aromatic rings. The van der Waals surface area contributed by atoms with Crippen LogP contribution in [0.15, 0.2) is 53.0 Å². The van der Waals surface area contributed by atoms with Crippen molar-refractivity contribution in [2.24, 2.45) is 0 Å². The van der Waals surface area contributed by atoms with E-state index < -0.39 is 0 Å². The molecule has 0 unspecified atom stereocenters. The van der Waals surface area contributed by atoms with Gasteiger partial charge in [0.2, 0.25) is 5.91 Å². The van der Waals surface area contributed by atoms with E-state index in [2.05, 4.69) is 26.6 Å². The summed E-state index contributed by atoms with van der Waals surface area (Å²) in [6.07, 6.45) is 0. The minimum Gasteiger partial charge on any atom is -0.497 e. The zero-order chi connectivity index (χ0) is 15.1. The van der Waals surface area contributed by atoms with Crippen LogP contribution in [0.25, 0.3) is 0 Å². The average molecular weight is 349 g/mol. The summed E-state index contributed by atoms with van der Waals surface area (Å²) in [5, 5.41) is 5.94. The molecule has 5 heteroatoms. The summed E-state index contributed by atoms with van der Waals surface area (Å²) in [6, 6.07) is 15.2. The van der Waals surface area contributed by atoms with E-state index in [0.29, 0.717) is 6.54 Å². The Balaban J connectivity index is 1.76. The highest BCUT2D eigenvalue weighted by molar-refractivity contribution is 9.10. The highest BCUT2D eigenvalue weighted by atomic mass is 79.9. The second-order valence-electron chi connectivity index (χ2n) is 4.51. The molecular weight excluding hydrogens is 332 g/mol. The molecule has 2 aromatic carbocycles. The Hall–Kier alpha value is -1.85. The van der Waals surface area contributed by atoms with E-state index in [0.717, 1.165) is 21.5 Å². The molecule has 2 rings (SSSR count). The third kappa shape index (κ3) is 5.21. The van der Waals surface area contributed by atoms with Crippen molar-refractivity contribution in [3.8, 4) is 5.75 Å². The zero-order valence-electron chi connectivity index (χ0n) is 11.7. The van der Waals surface area contributed by atoms with Crippen LogP contribution in [0.3, 0.4) is 0 Å². The average Bonchev–Trinajstić information content (AvgIpc) is 2.48. The standard InChI is InChI=1S/C16H17BrN2O2/c1-21-15-7-5-14(6-8-15)19-16(20)11-18-10-12-3-2-4-13(17)9-12/h2-9,18H,10-11H2,1H3,(H,19,20). The maximum atomic E-state index is 11.8. The Bertz CT molecular complexity index is 599. The highest BCUT2D eigenvalue weighted by Crippen LogP contribution is 2.14. The normalized spacial score (nSPS) is 10.2. The van der Waals surface area contributed by atoms with E-state index >= 15 is 0 Å². The molecule has 0 saturated heterocycles. The Morgan fingerprint density at radius 2 is 1.95 bits per heavy atom. The van der Waals surface area contributed by atoms with Crippen LogP contribution in [-0.2, 0) is 11.3 Å². The number of anilines is 1. The van der Waals surface area contributed by atoms with Crippen molar-refractivity contribution < 1.29 is 9.53 Å². The van der Waals surface area contributed by atoms with Gasteiger partial charge in [0.25, 0.3) is 0 Å². The predicted octanol–water partition coefficient (Wildman–Crippen LogP) is 3.19. The Morgan fingerprint density at radius 3 is 2.62 bits per heavy atom. The van der Waals surface area contributed by atoms with Crippen molar-refractivity contribution in [2.45, 2.75) is 6.54 Å². The lowest BCUT2D eigenvalue weighted by atomic mass is 10.2. The largest absolute Gasteiger partial charge is 0.497 e. The summed E-state index contributed by atoms with van der Waals surface area (Å²) in [7, 11) is 1.61. The molecule has 0 aliphatic rings. The van der Waals surface area contributed by atoms with Gasteiger partial charge in [0.05, 0.1) is 13.7 Å². The van der Waals surface area contributed by atoms with Gasteiger partial charge in [-0.05, 0) is 42.0 Å². The molecule has 0 saturated carbocycles. The SMILES string of the molecule is COc1ccc(NC(=O)CNCc2cccc(Br)c2)cc1. The predicted molar refractivity (Wildman–Crippen MR) is 87.5 cm³/mol. The van der Waals surface area contributed by atoms with Gasteiger partial charge in [0, 0.05) is 16.7 Å². The van der Waals surface area contributed by atoms with E-state index in [9.17, 15) is 4.79 Å². The number of halogens is 1. The number of nitrogens with one attached hydrogen (secondary N) is 2. The zero-order valence-corrected chi connectivity index (χ0v) is 13.3. The molecule has 21 heavy (non-hydrogen) atoms. The van der Waals surface area contributed by atoms with Crippen molar-refractivity contribution >= 4 is 27.5 Å². The molecule has 110 valence electrons. The van der Waals surface area contributed by atoms with Gasteiger partial charge in [-0.2, -0.15) is 0 Å². The van der Waals surface area contributed by atoms with E-state index in [1.54, 1.807) is 7.11 Å². The fourth-order valence-corrected chi connectivity index (χ4v) is 2.29. The van der Waals surface area contributed by atoms with Gasteiger partial charge in [-0.3, -0.25) is 4.79 Å². The number of hydrogen-bond donors (Lipinski definition) is 2. The van der Waals surface area contributed by atoms with Gasteiger partial charge < -0.3 is 15.4 Å². The number of ether oxygens (including phenoxy) is 1. The number of hydrogen-bond acceptors (Lipinski definition) is 3. The molecule has 0 aromatic heterocycles. The molecule has 0 fully saturated rings. The molecule has 0 aliphatic carbocycles. The van der Waals surface area contributed by atoms with Gasteiger partial charge in [0.15, 0.2) is 0 Å². The number of carbonyl (C=O) groups is 1. The summed E-state index contributed by atoms with van der Waals surface area (Å²) < 4.78 is 6.10. The summed E-state index contributed by atoms with van der Waals surface area (Å²) in [5.74, 6) is 0.691.